The third-order valence-electron chi connectivity index (χ3n) is 1.20. The summed E-state index contributed by atoms with van der Waals surface area (Å²) in [5.74, 6) is 0.657. The molecule has 0 amide bonds. The van der Waals surface area contributed by atoms with Crippen molar-refractivity contribution in [3.05, 3.63) is 11.6 Å². The van der Waals surface area contributed by atoms with E-state index in [0.29, 0.717) is 11.6 Å². The van der Waals surface area contributed by atoms with Gasteiger partial charge in [-0.2, -0.15) is 23.1 Å². The molecule has 1 heterocycles. The number of halogens is 3. The summed E-state index contributed by atoms with van der Waals surface area (Å²) in [6.07, 6.45) is -4.38. The first-order valence-corrected chi connectivity index (χ1v) is 3.75. The van der Waals surface area contributed by atoms with E-state index in [1.54, 1.807) is 13.8 Å². The summed E-state index contributed by atoms with van der Waals surface area (Å²) in [7, 11) is 0. The summed E-state index contributed by atoms with van der Waals surface area (Å²) in [5.41, 5.74) is 0. The summed E-state index contributed by atoms with van der Waals surface area (Å²) in [4.78, 5) is 11.0. The van der Waals surface area contributed by atoms with Crippen LogP contribution in [0.4, 0.5) is 13.2 Å². The number of alkyl halides is 3. The highest BCUT2D eigenvalue weighted by molar-refractivity contribution is 4.98. The van der Waals surface area contributed by atoms with E-state index in [2.05, 4.69) is 19.7 Å². The average Bonchev–Trinajstić information content (AvgIpc) is 1.97. The zero-order chi connectivity index (χ0) is 10.8. The predicted octanol–water partition coefficient (Wildman–Crippen LogP) is 1.43. The van der Waals surface area contributed by atoms with E-state index in [4.69, 9.17) is 0 Å². The topological polar surface area (TPSA) is 47.9 Å². The van der Waals surface area contributed by atoms with Crippen LogP contribution in [0.5, 0.6) is 6.01 Å². The number of ether oxygens (including phenoxy) is 1. The Bertz CT molecular complexity index is 306. The molecule has 78 valence electrons. The lowest BCUT2D eigenvalue weighted by atomic mass is 10.6. The molecule has 0 aliphatic carbocycles. The van der Waals surface area contributed by atoms with Crippen molar-refractivity contribution < 1.29 is 17.9 Å². The third kappa shape index (κ3) is 3.55. The predicted molar refractivity (Wildman–Crippen MR) is 40.9 cm³/mol. The van der Waals surface area contributed by atoms with E-state index in [1.165, 1.54) is 0 Å². The van der Waals surface area contributed by atoms with E-state index >= 15 is 0 Å². The largest absolute Gasteiger partial charge is 0.454 e. The van der Waals surface area contributed by atoms with Crippen LogP contribution in [0, 0.1) is 13.8 Å². The number of hydrogen-bond donors (Lipinski definition) is 0. The first-order valence-electron chi connectivity index (χ1n) is 3.75. The number of nitrogens with zero attached hydrogens (tertiary/aromatic N) is 3. The zero-order valence-electron chi connectivity index (χ0n) is 7.59. The van der Waals surface area contributed by atoms with Crippen LogP contribution in [-0.4, -0.2) is 27.7 Å². The van der Waals surface area contributed by atoms with Crippen LogP contribution in [-0.2, 0) is 0 Å². The molecular weight excluding hydrogens is 199 g/mol. The van der Waals surface area contributed by atoms with Crippen molar-refractivity contribution in [1.82, 2.24) is 15.0 Å². The monoisotopic (exact) mass is 207 g/mol. The lowest BCUT2D eigenvalue weighted by Crippen LogP contribution is -2.20. The summed E-state index contributed by atoms with van der Waals surface area (Å²) < 4.78 is 39.6. The van der Waals surface area contributed by atoms with E-state index in [0.717, 1.165) is 0 Å². The van der Waals surface area contributed by atoms with Crippen molar-refractivity contribution in [2.75, 3.05) is 6.61 Å². The Hall–Kier alpha value is -1.40. The Labute approximate surface area is 78.2 Å². The molecule has 0 atom stereocenters. The summed E-state index contributed by atoms with van der Waals surface area (Å²) in [6.45, 7) is 1.71. The Balaban J connectivity index is 2.68. The molecule has 0 spiro atoms. The van der Waals surface area contributed by atoms with Gasteiger partial charge >= 0.3 is 12.2 Å². The van der Waals surface area contributed by atoms with Gasteiger partial charge in [0.15, 0.2) is 6.61 Å². The quantitative estimate of drug-likeness (QED) is 0.736. The van der Waals surface area contributed by atoms with E-state index in [-0.39, 0.29) is 6.01 Å². The van der Waals surface area contributed by atoms with Gasteiger partial charge in [-0.3, -0.25) is 0 Å². The third-order valence-corrected chi connectivity index (χ3v) is 1.20. The number of aromatic nitrogens is 3. The van der Waals surface area contributed by atoms with Crippen LogP contribution < -0.4 is 4.74 Å². The zero-order valence-corrected chi connectivity index (χ0v) is 7.59. The molecule has 0 aliphatic rings. The molecular formula is C7H8F3N3O. The maximum absolute atomic E-state index is 11.7. The first-order chi connectivity index (χ1) is 6.37. The highest BCUT2D eigenvalue weighted by Crippen LogP contribution is 2.15. The molecule has 0 saturated heterocycles. The molecule has 0 aromatic carbocycles. The van der Waals surface area contributed by atoms with Crippen LogP contribution in [0.15, 0.2) is 0 Å². The minimum Gasteiger partial charge on any atom is -0.454 e. The second-order valence-corrected chi connectivity index (χ2v) is 2.62. The summed E-state index contributed by atoms with van der Waals surface area (Å²) >= 11 is 0. The Morgan fingerprint density at radius 2 is 1.57 bits per heavy atom. The van der Waals surface area contributed by atoms with Gasteiger partial charge in [-0.1, -0.05) is 0 Å². The minimum atomic E-state index is -4.38. The molecule has 7 heteroatoms. The average molecular weight is 207 g/mol. The van der Waals surface area contributed by atoms with Gasteiger partial charge in [-0.15, -0.1) is 0 Å². The molecule has 14 heavy (non-hydrogen) atoms. The summed E-state index contributed by atoms with van der Waals surface area (Å²) in [5, 5.41) is 0. The Morgan fingerprint density at radius 3 is 2.00 bits per heavy atom. The van der Waals surface area contributed by atoms with Gasteiger partial charge in [0.05, 0.1) is 0 Å². The lowest BCUT2D eigenvalue weighted by Gasteiger charge is -2.07. The van der Waals surface area contributed by atoms with Gasteiger partial charge in [0.2, 0.25) is 0 Å². The molecule has 1 aromatic rings. The number of hydrogen-bond acceptors (Lipinski definition) is 4. The first kappa shape index (κ1) is 10.7. The molecule has 1 rings (SSSR count). The highest BCUT2D eigenvalue weighted by atomic mass is 19.4. The maximum atomic E-state index is 11.7. The van der Waals surface area contributed by atoms with Crippen molar-refractivity contribution in [1.29, 1.82) is 0 Å². The fourth-order valence-corrected chi connectivity index (χ4v) is 0.797. The van der Waals surface area contributed by atoms with Gasteiger partial charge in [-0.05, 0) is 13.8 Å². The molecule has 0 N–H and O–H groups in total. The molecule has 0 aliphatic heterocycles. The van der Waals surface area contributed by atoms with Crippen LogP contribution in [0.2, 0.25) is 0 Å². The van der Waals surface area contributed by atoms with E-state index < -0.39 is 12.8 Å². The van der Waals surface area contributed by atoms with E-state index in [9.17, 15) is 13.2 Å². The molecule has 4 nitrogen and oxygen atoms in total. The maximum Gasteiger partial charge on any atom is 0.422 e. The smallest absolute Gasteiger partial charge is 0.422 e. The molecule has 0 unspecified atom stereocenters. The molecule has 1 aromatic heterocycles. The van der Waals surface area contributed by atoms with Gasteiger partial charge in [0.25, 0.3) is 0 Å². The van der Waals surface area contributed by atoms with Crippen LogP contribution >= 0.6 is 0 Å². The van der Waals surface area contributed by atoms with Gasteiger partial charge < -0.3 is 4.74 Å². The number of rotatable bonds is 2. The van der Waals surface area contributed by atoms with Gasteiger partial charge in [-0.25, -0.2) is 4.98 Å². The van der Waals surface area contributed by atoms with E-state index in [1.807, 2.05) is 0 Å². The fourth-order valence-electron chi connectivity index (χ4n) is 0.797. The fraction of sp³-hybridized carbons (Fsp3) is 0.571. The second-order valence-electron chi connectivity index (χ2n) is 2.62. The Morgan fingerprint density at radius 1 is 1.07 bits per heavy atom. The van der Waals surface area contributed by atoms with Crippen molar-refractivity contribution in [3.8, 4) is 6.01 Å². The lowest BCUT2D eigenvalue weighted by molar-refractivity contribution is -0.154. The van der Waals surface area contributed by atoms with Gasteiger partial charge in [0, 0.05) is 0 Å². The van der Waals surface area contributed by atoms with Crippen molar-refractivity contribution in [2.24, 2.45) is 0 Å². The standard InChI is InChI=1S/C7H8F3N3O/c1-4-11-5(2)13-6(12-4)14-3-7(8,9)10/h3H2,1-2H3. The van der Waals surface area contributed by atoms with Gasteiger partial charge in [0.1, 0.15) is 11.6 Å². The summed E-state index contributed by atoms with van der Waals surface area (Å²) in [6, 6.07) is -0.299. The molecule has 0 bridgehead atoms. The molecule has 0 radical (unpaired) electrons. The highest BCUT2D eigenvalue weighted by Gasteiger charge is 2.29. The minimum absolute atomic E-state index is 0.299. The Kier molecular flexibility index (Phi) is 2.87. The van der Waals surface area contributed by atoms with Crippen LogP contribution in [0.3, 0.4) is 0 Å². The molecule has 0 fully saturated rings. The molecule has 0 saturated carbocycles. The van der Waals surface area contributed by atoms with Crippen molar-refractivity contribution in [3.63, 3.8) is 0 Å². The van der Waals surface area contributed by atoms with Crippen molar-refractivity contribution in [2.45, 2.75) is 20.0 Å². The van der Waals surface area contributed by atoms with Crippen LogP contribution in [0.25, 0.3) is 0 Å². The van der Waals surface area contributed by atoms with Crippen LogP contribution in [0.1, 0.15) is 11.6 Å². The second kappa shape index (κ2) is 3.77. The SMILES string of the molecule is Cc1nc(C)nc(OCC(F)(F)F)n1. The normalized spacial score (nSPS) is 11.5. The number of aryl methyl sites for hydroxylation is 2. The van der Waals surface area contributed by atoms with Crippen molar-refractivity contribution >= 4 is 0 Å².